The van der Waals surface area contributed by atoms with Crippen LogP contribution < -0.4 is 10.1 Å². The van der Waals surface area contributed by atoms with Crippen molar-refractivity contribution in [3.63, 3.8) is 0 Å². The van der Waals surface area contributed by atoms with E-state index in [0.717, 1.165) is 46.8 Å². The summed E-state index contributed by atoms with van der Waals surface area (Å²) in [6, 6.07) is 16.4. The van der Waals surface area contributed by atoms with Crippen LogP contribution in [0.25, 0.3) is 10.9 Å². The Labute approximate surface area is 172 Å². The third-order valence-electron chi connectivity index (χ3n) is 4.99. The van der Waals surface area contributed by atoms with E-state index >= 15 is 0 Å². The van der Waals surface area contributed by atoms with E-state index in [1.54, 1.807) is 7.11 Å². The number of methoxy groups -OCH3 is 1. The Hall–Kier alpha value is -2.70. The number of para-hydroxylation sites is 2. The minimum Gasteiger partial charge on any atom is -0.496 e. The molecule has 3 rings (SSSR count). The van der Waals surface area contributed by atoms with E-state index in [9.17, 15) is 5.11 Å². The molecule has 29 heavy (non-hydrogen) atoms. The maximum atomic E-state index is 9.35. The lowest BCUT2D eigenvalue weighted by Gasteiger charge is -2.25. The second-order valence-electron chi connectivity index (χ2n) is 7.28. The van der Waals surface area contributed by atoms with Crippen molar-refractivity contribution in [3.8, 4) is 5.75 Å². The molecule has 1 aromatic heterocycles. The van der Waals surface area contributed by atoms with Crippen LogP contribution in [0.1, 0.15) is 25.2 Å². The molecule has 6 nitrogen and oxygen atoms in total. The summed E-state index contributed by atoms with van der Waals surface area (Å²) in [5.74, 6) is 2.50. The summed E-state index contributed by atoms with van der Waals surface area (Å²) in [5, 5.41) is 13.8. The number of nitrogens with zero attached hydrogens (tertiary/aromatic N) is 3. The minimum absolute atomic E-state index is 0.121. The number of rotatable bonds is 10. The van der Waals surface area contributed by atoms with Crippen molar-refractivity contribution in [2.45, 2.75) is 32.9 Å². The van der Waals surface area contributed by atoms with Gasteiger partial charge in [-0.05, 0) is 44.0 Å². The highest BCUT2D eigenvalue weighted by Gasteiger charge is 2.14. The van der Waals surface area contributed by atoms with Gasteiger partial charge in [-0.3, -0.25) is 4.90 Å². The SMILES string of the molecule is COc1ccccc1CCNc1nc(CN(CCO)C(C)C)nc2ccccc12. The molecular formula is C23H30N4O2. The largest absolute Gasteiger partial charge is 0.496 e. The smallest absolute Gasteiger partial charge is 0.145 e. The first kappa shape index (κ1) is 21.0. The maximum absolute atomic E-state index is 9.35. The van der Waals surface area contributed by atoms with E-state index in [0.29, 0.717) is 19.1 Å². The van der Waals surface area contributed by atoms with E-state index < -0.39 is 0 Å². The third-order valence-corrected chi connectivity index (χ3v) is 4.99. The molecule has 1 heterocycles. The Morgan fingerprint density at radius 1 is 1.07 bits per heavy atom. The average Bonchev–Trinajstić information content (AvgIpc) is 2.73. The van der Waals surface area contributed by atoms with Gasteiger partial charge < -0.3 is 15.2 Å². The number of hydrogen-bond donors (Lipinski definition) is 2. The number of anilines is 1. The highest BCUT2D eigenvalue weighted by atomic mass is 16.5. The predicted molar refractivity (Wildman–Crippen MR) is 117 cm³/mol. The van der Waals surface area contributed by atoms with Crippen LogP contribution in [-0.4, -0.2) is 52.8 Å². The van der Waals surface area contributed by atoms with Gasteiger partial charge in [-0.15, -0.1) is 0 Å². The zero-order chi connectivity index (χ0) is 20.6. The van der Waals surface area contributed by atoms with Crippen molar-refractivity contribution in [2.24, 2.45) is 0 Å². The van der Waals surface area contributed by atoms with Gasteiger partial charge in [-0.2, -0.15) is 0 Å². The quantitative estimate of drug-likeness (QED) is 0.548. The number of aliphatic hydroxyl groups is 1. The Morgan fingerprint density at radius 2 is 1.83 bits per heavy atom. The monoisotopic (exact) mass is 394 g/mol. The van der Waals surface area contributed by atoms with Crippen LogP contribution in [-0.2, 0) is 13.0 Å². The van der Waals surface area contributed by atoms with Crippen LogP contribution in [0, 0.1) is 0 Å². The van der Waals surface area contributed by atoms with Crippen LogP contribution in [0.2, 0.25) is 0 Å². The summed E-state index contributed by atoms with van der Waals surface area (Å²) in [5.41, 5.74) is 2.08. The summed E-state index contributed by atoms with van der Waals surface area (Å²) in [6.45, 7) is 6.29. The summed E-state index contributed by atoms with van der Waals surface area (Å²) in [6.07, 6.45) is 0.834. The average molecular weight is 395 g/mol. The van der Waals surface area contributed by atoms with Gasteiger partial charge in [0.05, 0.1) is 25.8 Å². The highest BCUT2D eigenvalue weighted by molar-refractivity contribution is 5.88. The lowest BCUT2D eigenvalue weighted by Crippen LogP contribution is -2.33. The van der Waals surface area contributed by atoms with Crippen molar-refractivity contribution < 1.29 is 9.84 Å². The van der Waals surface area contributed by atoms with E-state index in [1.807, 2.05) is 42.5 Å². The normalized spacial score (nSPS) is 11.4. The molecule has 3 aromatic rings. The van der Waals surface area contributed by atoms with Gasteiger partial charge in [0.1, 0.15) is 17.4 Å². The first-order valence-corrected chi connectivity index (χ1v) is 10.1. The molecule has 0 unspecified atom stereocenters. The maximum Gasteiger partial charge on any atom is 0.145 e. The molecule has 0 aliphatic rings. The lowest BCUT2D eigenvalue weighted by atomic mass is 10.1. The van der Waals surface area contributed by atoms with E-state index in [4.69, 9.17) is 14.7 Å². The number of aliphatic hydroxyl groups excluding tert-OH is 1. The fourth-order valence-electron chi connectivity index (χ4n) is 3.39. The molecule has 154 valence electrons. The third kappa shape index (κ3) is 5.43. The summed E-state index contributed by atoms with van der Waals surface area (Å²) in [4.78, 5) is 11.7. The zero-order valence-corrected chi connectivity index (χ0v) is 17.4. The molecule has 0 fully saturated rings. The predicted octanol–water partition coefficient (Wildman–Crippen LogP) is 3.50. The first-order valence-electron chi connectivity index (χ1n) is 10.1. The molecule has 2 aromatic carbocycles. The lowest BCUT2D eigenvalue weighted by molar-refractivity contribution is 0.156. The molecule has 0 atom stereocenters. The van der Waals surface area contributed by atoms with Gasteiger partial charge in [0.15, 0.2) is 0 Å². The molecule has 0 saturated carbocycles. The zero-order valence-electron chi connectivity index (χ0n) is 17.4. The molecule has 0 saturated heterocycles. The van der Waals surface area contributed by atoms with Crippen molar-refractivity contribution in [1.82, 2.24) is 14.9 Å². The molecule has 0 bridgehead atoms. The van der Waals surface area contributed by atoms with Crippen molar-refractivity contribution in [2.75, 3.05) is 32.1 Å². The van der Waals surface area contributed by atoms with E-state index in [2.05, 4.69) is 30.1 Å². The number of ether oxygens (including phenoxy) is 1. The molecule has 0 aliphatic heterocycles. The van der Waals surface area contributed by atoms with Crippen LogP contribution >= 0.6 is 0 Å². The first-order chi connectivity index (χ1) is 14.1. The van der Waals surface area contributed by atoms with Gasteiger partial charge >= 0.3 is 0 Å². The minimum atomic E-state index is 0.121. The van der Waals surface area contributed by atoms with Crippen LogP contribution in [0.5, 0.6) is 5.75 Å². The summed E-state index contributed by atoms with van der Waals surface area (Å²) < 4.78 is 5.45. The number of fused-ring (bicyclic) bond motifs is 1. The Morgan fingerprint density at radius 3 is 2.59 bits per heavy atom. The second-order valence-corrected chi connectivity index (χ2v) is 7.28. The Balaban J connectivity index is 1.80. The summed E-state index contributed by atoms with van der Waals surface area (Å²) >= 11 is 0. The summed E-state index contributed by atoms with van der Waals surface area (Å²) in [7, 11) is 1.70. The standard InChI is InChI=1S/C23H30N4O2/c1-17(2)27(14-15-28)16-22-25-20-10-6-5-9-19(20)23(26-22)24-13-12-18-8-4-7-11-21(18)29-3/h4-11,17,28H,12-16H2,1-3H3,(H,24,25,26). The van der Waals surface area contributed by atoms with Crippen molar-refractivity contribution >= 4 is 16.7 Å². The fourth-order valence-corrected chi connectivity index (χ4v) is 3.39. The van der Waals surface area contributed by atoms with Crippen LogP contribution in [0.3, 0.4) is 0 Å². The highest BCUT2D eigenvalue weighted by Crippen LogP contribution is 2.22. The Bertz CT molecular complexity index is 930. The van der Waals surface area contributed by atoms with Gasteiger partial charge in [-0.1, -0.05) is 30.3 Å². The van der Waals surface area contributed by atoms with Crippen molar-refractivity contribution in [3.05, 3.63) is 59.9 Å². The fraction of sp³-hybridized carbons (Fsp3) is 0.391. The Kier molecular flexibility index (Phi) is 7.38. The molecule has 6 heteroatoms. The number of aromatic nitrogens is 2. The molecule has 2 N–H and O–H groups in total. The van der Waals surface area contributed by atoms with Gasteiger partial charge in [0.25, 0.3) is 0 Å². The number of nitrogens with one attached hydrogen (secondary N) is 1. The number of benzene rings is 2. The van der Waals surface area contributed by atoms with E-state index in [-0.39, 0.29) is 6.61 Å². The van der Waals surface area contributed by atoms with Gasteiger partial charge in [-0.25, -0.2) is 9.97 Å². The molecule has 0 radical (unpaired) electrons. The van der Waals surface area contributed by atoms with Crippen LogP contribution in [0.15, 0.2) is 48.5 Å². The van der Waals surface area contributed by atoms with Crippen LogP contribution in [0.4, 0.5) is 5.82 Å². The van der Waals surface area contributed by atoms with Gasteiger partial charge in [0, 0.05) is 24.5 Å². The van der Waals surface area contributed by atoms with Gasteiger partial charge in [0.2, 0.25) is 0 Å². The molecule has 0 amide bonds. The second kappa shape index (κ2) is 10.2. The van der Waals surface area contributed by atoms with E-state index in [1.165, 1.54) is 0 Å². The number of hydrogen-bond acceptors (Lipinski definition) is 6. The molecular weight excluding hydrogens is 364 g/mol. The topological polar surface area (TPSA) is 70.5 Å². The van der Waals surface area contributed by atoms with Crippen molar-refractivity contribution in [1.29, 1.82) is 0 Å². The molecule has 0 aliphatic carbocycles. The molecule has 0 spiro atoms.